The molecule has 0 unspecified atom stereocenters. The van der Waals surface area contributed by atoms with Crippen molar-refractivity contribution in [2.45, 2.75) is 40.2 Å². The van der Waals surface area contributed by atoms with Gasteiger partial charge in [0.15, 0.2) is 0 Å². The van der Waals surface area contributed by atoms with Crippen LogP contribution in [0, 0.1) is 0 Å². The highest BCUT2D eigenvalue weighted by Crippen LogP contribution is 2.15. The summed E-state index contributed by atoms with van der Waals surface area (Å²) >= 11 is 0. The van der Waals surface area contributed by atoms with E-state index in [1.165, 1.54) is 11.1 Å². The van der Waals surface area contributed by atoms with Crippen molar-refractivity contribution in [3.05, 3.63) is 64.7 Å². The molecular weight excluding hydrogens is 348 g/mol. The summed E-state index contributed by atoms with van der Waals surface area (Å²) in [6, 6.07) is 12.8. The van der Waals surface area contributed by atoms with E-state index in [4.69, 9.17) is 0 Å². The van der Waals surface area contributed by atoms with Crippen molar-refractivity contribution in [1.82, 2.24) is 5.32 Å². The van der Waals surface area contributed by atoms with Crippen molar-refractivity contribution in [3.63, 3.8) is 0 Å². The number of hydrogen-bond donors (Lipinski definition) is 2. The largest absolute Gasteiger partial charge is 0.348 e. The van der Waals surface area contributed by atoms with Crippen LogP contribution in [0.5, 0.6) is 0 Å². The van der Waals surface area contributed by atoms with Crippen LogP contribution in [0.1, 0.15) is 47.8 Å². The van der Waals surface area contributed by atoms with Gasteiger partial charge in [-0.25, -0.2) is 8.42 Å². The lowest BCUT2D eigenvalue weighted by Crippen LogP contribution is -2.23. The second-order valence-electron chi connectivity index (χ2n) is 6.08. The molecule has 140 valence electrons. The first kappa shape index (κ1) is 20.0. The van der Waals surface area contributed by atoms with Crippen molar-refractivity contribution >= 4 is 21.6 Å². The third kappa shape index (κ3) is 5.33. The summed E-state index contributed by atoms with van der Waals surface area (Å²) in [6.45, 7) is 6.25. The molecular formula is C20H26N2O3S. The maximum absolute atomic E-state index is 12.4. The number of rotatable bonds is 8. The van der Waals surface area contributed by atoms with Gasteiger partial charge >= 0.3 is 0 Å². The normalized spacial score (nSPS) is 11.2. The molecule has 26 heavy (non-hydrogen) atoms. The van der Waals surface area contributed by atoms with E-state index in [1.54, 1.807) is 31.2 Å². The van der Waals surface area contributed by atoms with Crippen LogP contribution in [-0.4, -0.2) is 20.1 Å². The zero-order valence-electron chi connectivity index (χ0n) is 15.5. The molecule has 6 heteroatoms. The summed E-state index contributed by atoms with van der Waals surface area (Å²) in [7, 11) is -3.32. The number of sulfonamides is 1. The highest BCUT2D eigenvalue weighted by atomic mass is 32.2. The zero-order valence-corrected chi connectivity index (χ0v) is 16.3. The SMILES string of the molecule is CCc1ccc(CC)c(CNC(=O)c2ccc(NS(=O)(=O)CC)cc2)c1. The monoisotopic (exact) mass is 374 g/mol. The lowest BCUT2D eigenvalue weighted by atomic mass is 10.0. The molecule has 5 nitrogen and oxygen atoms in total. The molecule has 0 radical (unpaired) electrons. The van der Waals surface area contributed by atoms with Crippen molar-refractivity contribution in [3.8, 4) is 0 Å². The Bertz CT molecular complexity index is 859. The lowest BCUT2D eigenvalue weighted by Gasteiger charge is -2.12. The van der Waals surface area contributed by atoms with Crippen LogP contribution in [0.15, 0.2) is 42.5 Å². The number of aryl methyl sites for hydroxylation is 2. The summed E-state index contributed by atoms with van der Waals surface area (Å²) < 4.78 is 25.6. The van der Waals surface area contributed by atoms with E-state index >= 15 is 0 Å². The Morgan fingerprint density at radius 2 is 1.62 bits per heavy atom. The van der Waals surface area contributed by atoms with Gasteiger partial charge in [0.1, 0.15) is 0 Å². The number of hydrogen-bond acceptors (Lipinski definition) is 3. The van der Waals surface area contributed by atoms with Gasteiger partial charge in [-0.2, -0.15) is 0 Å². The fourth-order valence-electron chi connectivity index (χ4n) is 2.63. The average Bonchev–Trinajstić information content (AvgIpc) is 2.66. The second-order valence-corrected chi connectivity index (χ2v) is 8.09. The fourth-order valence-corrected chi connectivity index (χ4v) is 3.27. The number of benzene rings is 2. The number of anilines is 1. The summed E-state index contributed by atoms with van der Waals surface area (Å²) in [5, 5.41) is 2.94. The minimum Gasteiger partial charge on any atom is -0.348 e. The Morgan fingerprint density at radius 3 is 2.19 bits per heavy atom. The summed E-state index contributed by atoms with van der Waals surface area (Å²) in [6.07, 6.45) is 1.88. The lowest BCUT2D eigenvalue weighted by molar-refractivity contribution is 0.0951. The van der Waals surface area contributed by atoms with Gasteiger partial charge in [0, 0.05) is 17.8 Å². The van der Waals surface area contributed by atoms with Gasteiger partial charge in [-0.15, -0.1) is 0 Å². The van der Waals surface area contributed by atoms with Gasteiger partial charge < -0.3 is 5.32 Å². The molecule has 0 heterocycles. The number of nitrogens with one attached hydrogen (secondary N) is 2. The van der Waals surface area contributed by atoms with Gasteiger partial charge in [-0.05, 0) is 60.7 Å². The number of amides is 1. The second kappa shape index (κ2) is 8.85. The van der Waals surface area contributed by atoms with Crippen LogP contribution in [0.2, 0.25) is 0 Å². The average molecular weight is 375 g/mol. The molecule has 1 amide bonds. The van der Waals surface area contributed by atoms with Gasteiger partial charge in [-0.1, -0.05) is 32.0 Å². The zero-order chi connectivity index (χ0) is 19.2. The van der Waals surface area contributed by atoms with Gasteiger partial charge in [0.25, 0.3) is 5.91 Å². The van der Waals surface area contributed by atoms with Crippen LogP contribution in [0.25, 0.3) is 0 Å². The highest BCUT2D eigenvalue weighted by Gasteiger charge is 2.10. The van der Waals surface area contributed by atoms with E-state index in [0.717, 1.165) is 18.4 Å². The van der Waals surface area contributed by atoms with E-state index in [1.807, 2.05) is 0 Å². The third-order valence-electron chi connectivity index (χ3n) is 4.30. The Hall–Kier alpha value is -2.34. The number of carbonyl (C=O) groups is 1. The smallest absolute Gasteiger partial charge is 0.251 e. The van der Waals surface area contributed by atoms with E-state index in [9.17, 15) is 13.2 Å². The van der Waals surface area contributed by atoms with Crippen molar-refractivity contribution in [2.24, 2.45) is 0 Å². The third-order valence-corrected chi connectivity index (χ3v) is 5.61. The molecule has 0 saturated carbocycles. The Morgan fingerprint density at radius 1 is 0.923 bits per heavy atom. The van der Waals surface area contributed by atoms with Gasteiger partial charge in [-0.3, -0.25) is 9.52 Å². The van der Waals surface area contributed by atoms with Crippen LogP contribution in [0.3, 0.4) is 0 Å². The standard InChI is InChI=1S/C20H26N2O3S/c1-4-15-7-8-16(5-2)18(13-15)14-21-20(23)17-9-11-19(12-10-17)22-26(24,25)6-3/h7-13,22H,4-6,14H2,1-3H3,(H,21,23). The van der Waals surface area contributed by atoms with E-state index in [-0.39, 0.29) is 11.7 Å². The molecule has 0 saturated heterocycles. The highest BCUT2D eigenvalue weighted by molar-refractivity contribution is 7.92. The first-order valence-corrected chi connectivity index (χ1v) is 10.5. The fraction of sp³-hybridized carbons (Fsp3) is 0.350. The molecule has 0 fully saturated rings. The van der Waals surface area contributed by atoms with Crippen LogP contribution in [-0.2, 0) is 29.4 Å². The van der Waals surface area contributed by atoms with Gasteiger partial charge in [0.05, 0.1) is 5.75 Å². The molecule has 2 aromatic rings. The molecule has 0 bridgehead atoms. The molecule has 0 aromatic heterocycles. The van der Waals surface area contributed by atoms with Gasteiger partial charge in [0.2, 0.25) is 10.0 Å². The predicted molar refractivity (Wildman–Crippen MR) is 106 cm³/mol. The Kier molecular flexibility index (Phi) is 6.80. The summed E-state index contributed by atoms with van der Waals surface area (Å²) in [5.74, 6) is -0.176. The topological polar surface area (TPSA) is 75.3 Å². The molecule has 0 spiro atoms. The Labute approximate surface area is 155 Å². The molecule has 0 aliphatic carbocycles. The van der Waals surface area contributed by atoms with Crippen molar-refractivity contribution < 1.29 is 13.2 Å². The van der Waals surface area contributed by atoms with E-state index in [2.05, 4.69) is 42.1 Å². The molecule has 2 N–H and O–H groups in total. The van der Waals surface area contributed by atoms with Crippen molar-refractivity contribution in [2.75, 3.05) is 10.5 Å². The first-order chi connectivity index (χ1) is 12.4. The summed E-state index contributed by atoms with van der Waals surface area (Å²) in [5.41, 5.74) is 4.56. The minimum atomic E-state index is -3.32. The quantitative estimate of drug-likeness (QED) is 0.742. The van der Waals surface area contributed by atoms with Crippen LogP contribution < -0.4 is 10.0 Å². The molecule has 0 atom stereocenters. The minimum absolute atomic E-state index is 0.00578. The van der Waals surface area contributed by atoms with E-state index in [0.29, 0.717) is 17.8 Å². The molecule has 2 aromatic carbocycles. The summed E-state index contributed by atoms with van der Waals surface area (Å²) in [4.78, 5) is 12.4. The maximum Gasteiger partial charge on any atom is 0.251 e. The molecule has 0 aliphatic heterocycles. The predicted octanol–water partition coefficient (Wildman–Crippen LogP) is 3.50. The maximum atomic E-state index is 12.4. The number of carbonyl (C=O) groups excluding carboxylic acids is 1. The van der Waals surface area contributed by atoms with Crippen molar-refractivity contribution in [1.29, 1.82) is 0 Å². The Balaban J connectivity index is 2.04. The molecule has 2 rings (SSSR count). The molecule has 0 aliphatic rings. The van der Waals surface area contributed by atoms with E-state index < -0.39 is 10.0 Å². The van der Waals surface area contributed by atoms with Crippen LogP contribution >= 0.6 is 0 Å². The van der Waals surface area contributed by atoms with Crippen LogP contribution in [0.4, 0.5) is 5.69 Å². The first-order valence-electron chi connectivity index (χ1n) is 8.88.